The van der Waals surface area contributed by atoms with Gasteiger partial charge in [0.2, 0.25) is 0 Å². The van der Waals surface area contributed by atoms with E-state index in [0.717, 1.165) is 0 Å². The van der Waals surface area contributed by atoms with Crippen molar-refractivity contribution < 1.29 is 9.18 Å². The van der Waals surface area contributed by atoms with Gasteiger partial charge in [-0.1, -0.05) is 0 Å². The Hall–Kier alpha value is -2.04. The molecule has 1 aromatic heterocycles. The van der Waals surface area contributed by atoms with E-state index >= 15 is 0 Å². The molecule has 1 heterocycles. The van der Waals surface area contributed by atoms with Crippen LogP contribution in [-0.4, -0.2) is 20.5 Å². The summed E-state index contributed by atoms with van der Waals surface area (Å²) in [6.45, 7) is 1.39. The molecular weight excluding hydrogens is 197 g/mol. The van der Waals surface area contributed by atoms with Gasteiger partial charge in [-0.2, -0.15) is 5.10 Å². The molecule has 0 saturated heterocycles. The van der Waals surface area contributed by atoms with Gasteiger partial charge in [0.25, 0.3) is 0 Å². The summed E-state index contributed by atoms with van der Waals surface area (Å²) in [5.74, 6) is -0.660. The molecule has 0 saturated carbocycles. The van der Waals surface area contributed by atoms with E-state index in [0.29, 0.717) is 5.56 Å². The van der Waals surface area contributed by atoms with Gasteiger partial charge in [-0.15, -0.1) is 0 Å². The molecule has 0 aliphatic rings. The van der Waals surface area contributed by atoms with Crippen molar-refractivity contribution in [1.82, 2.24) is 14.8 Å². The maximum absolute atomic E-state index is 13.5. The first-order chi connectivity index (χ1) is 7.18. The standard InChI is InChI=1S/C10H8FN3O/c1-7(15)8-2-3-10(9(11)4-8)14-6-12-5-13-14/h2-6H,1H3. The van der Waals surface area contributed by atoms with Crippen molar-refractivity contribution in [2.24, 2.45) is 0 Å². The van der Waals surface area contributed by atoms with Crippen LogP contribution in [0.5, 0.6) is 0 Å². The van der Waals surface area contributed by atoms with Gasteiger partial charge in [0.15, 0.2) is 5.78 Å². The van der Waals surface area contributed by atoms with Gasteiger partial charge in [0, 0.05) is 5.56 Å². The van der Waals surface area contributed by atoms with Crippen LogP contribution in [-0.2, 0) is 0 Å². The first kappa shape index (κ1) is 9.51. The summed E-state index contributed by atoms with van der Waals surface area (Å²) in [6, 6.07) is 4.25. The highest BCUT2D eigenvalue weighted by atomic mass is 19.1. The number of Topliss-reactive ketones (excluding diaryl/α,β-unsaturated/α-hetero) is 1. The number of hydrogen-bond donors (Lipinski definition) is 0. The third kappa shape index (κ3) is 1.76. The molecule has 76 valence electrons. The van der Waals surface area contributed by atoms with Crippen LogP contribution in [0, 0.1) is 5.82 Å². The largest absolute Gasteiger partial charge is 0.295 e. The molecule has 0 fully saturated rings. The molecule has 0 radical (unpaired) electrons. The van der Waals surface area contributed by atoms with E-state index in [9.17, 15) is 9.18 Å². The van der Waals surface area contributed by atoms with Gasteiger partial charge in [-0.05, 0) is 25.1 Å². The molecule has 0 N–H and O–H groups in total. The number of benzene rings is 1. The van der Waals surface area contributed by atoms with Gasteiger partial charge < -0.3 is 0 Å². The van der Waals surface area contributed by atoms with E-state index in [1.807, 2.05) is 0 Å². The molecule has 0 aliphatic heterocycles. The van der Waals surface area contributed by atoms with E-state index < -0.39 is 5.82 Å². The molecular formula is C10H8FN3O. The number of aromatic nitrogens is 3. The summed E-state index contributed by atoms with van der Waals surface area (Å²) in [4.78, 5) is 14.7. The number of carbonyl (C=O) groups excluding carboxylic acids is 1. The van der Waals surface area contributed by atoms with Gasteiger partial charge in [0.05, 0.1) is 0 Å². The van der Waals surface area contributed by atoms with Gasteiger partial charge in [-0.25, -0.2) is 14.1 Å². The molecule has 0 atom stereocenters. The monoisotopic (exact) mass is 205 g/mol. The Kier molecular flexibility index (Phi) is 2.29. The van der Waals surface area contributed by atoms with Crippen molar-refractivity contribution >= 4 is 5.78 Å². The summed E-state index contributed by atoms with van der Waals surface area (Å²) in [5, 5.41) is 3.80. The smallest absolute Gasteiger partial charge is 0.159 e. The highest BCUT2D eigenvalue weighted by molar-refractivity contribution is 5.94. The fourth-order valence-corrected chi connectivity index (χ4v) is 1.24. The Morgan fingerprint density at radius 2 is 2.27 bits per heavy atom. The lowest BCUT2D eigenvalue weighted by atomic mass is 10.1. The van der Waals surface area contributed by atoms with E-state index in [2.05, 4.69) is 10.1 Å². The summed E-state index contributed by atoms with van der Waals surface area (Å²) < 4.78 is 14.8. The lowest BCUT2D eigenvalue weighted by Gasteiger charge is -2.03. The second-order valence-corrected chi connectivity index (χ2v) is 3.06. The quantitative estimate of drug-likeness (QED) is 0.700. The Labute approximate surface area is 85.4 Å². The Morgan fingerprint density at radius 3 is 2.80 bits per heavy atom. The minimum Gasteiger partial charge on any atom is -0.295 e. The zero-order valence-electron chi connectivity index (χ0n) is 8.01. The Balaban J connectivity index is 2.48. The van der Waals surface area contributed by atoms with Crippen molar-refractivity contribution in [3.05, 3.63) is 42.2 Å². The van der Waals surface area contributed by atoms with Gasteiger partial charge >= 0.3 is 0 Å². The van der Waals surface area contributed by atoms with E-state index in [4.69, 9.17) is 0 Å². The SMILES string of the molecule is CC(=O)c1ccc(-n2cncn2)c(F)c1. The summed E-state index contributed by atoms with van der Waals surface area (Å²) in [6.07, 6.45) is 2.71. The van der Waals surface area contributed by atoms with Gasteiger partial charge in [-0.3, -0.25) is 4.79 Å². The molecule has 5 heteroatoms. The minimum atomic E-state index is -0.492. The average molecular weight is 205 g/mol. The zero-order chi connectivity index (χ0) is 10.8. The van der Waals surface area contributed by atoms with E-state index in [-0.39, 0.29) is 11.5 Å². The van der Waals surface area contributed by atoms with Crippen LogP contribution in [0.15, 0.2) is 30.9 Å². The lowest BCUT2D eigenvalue weighted by molar-refractivity contribution is 0.101. The van der Waals surface area contributed by atoms with Crippen molar-refractivity contribution in [2.75, 3.05) is 0 Å². The van der Waals surface area contributed by atoms with Crippen LogP contribution in [0.4, 0.5) is 4.39 Å². The maximum Gasteiger partial charge on any atom is 0.159 e. The van der Waals surface area contributed by atoms with Gasteiger partial charge in [0.1, 0.15) is 24.2 Å². The predicted octanol–water partition coefficient (Wildman–Crippen LogP) is 1.61. The third-order valence-corrected chi connectivity index (χ3v) is 2.02. The highest BCUT2D eigenvalue weighted by Gasteiger charge is 2.08. The number of halogens is 1. The number of rotatable bonds is 2. The minimum absolute atomic E-state index is 0.168. The molecule has 4 nitrogen and oxygen atoms in total. The van der Waals surface area contributed by atoms with Crippen molar-refractivity contribution in [2.45, 2.75) is 6.92 Å². The van der Waals surface area contributed by atoms with Crippen molar-refractivity contribution in [1.29, 1.82) is 0 Å². The topological polar surface area (TPSA) is 47.8 Å². The maximum atomic E-state index is 13.5. The molecule has 2 rings (SSSR count). The number of nitrogens with zero attached hydrogens (tertiary/aromatic N) is 3. The average Bonchev–Trinajstić information content (AvgIpc) is 2.70. The van der Waals surface area contributed by atoms with Crippen LogP contribution in [0.2, 0.25) is 0 Å². The number of carbonyl (C=O) groups is 1. The molecule has 0 aliphatic carbocycles. The summed E-state index contributed by atoms with van der Waals surface area (Å²) in [7, 11) is 0. The lowest BCUT2D eigenvalue weighted by Crippen LogP contribution is -2.01. The Bertz CT molecular complexity index is 493. The number of hydrogen-bond acceptors (Lipinski definition) is 3. The molecule has 0 amide bonds. The molecule has 2 aromatic rings. The van der Waals surface area contributed by atoms with Crippen LogP contribution in [0.1, 0.15) is 17.3 Å². The third-order valence-electron chi connectivity index (χ3n) is 2.02. The first-order valence-electron chi connectivity index (χ1n) is 4.34. The second kappa shape index (κ2) is 3.61. The first-order valence-corrected chi connectivity index (χ1v) is 4.34. The summed E-state index contributed by atoms with van der Waals surface area (Å²) in [5.41, 5.74) is 0.619. The highest BCUT2D eigenvalue weighted by Crippen LogP contribution is 2.14. The molecule has 15 heavy (non-hydrogen) atoms. The zero-order valence-corrected chi connectivity index (χ0v) is 8.01. The molecule has 0 spiro atoms. The van der Waals surface area contributed by atoms with Crippen molar-refractivity contribution in [3.63, 3.8) is 0 Å². The predicted molar refractivity (Wildman–Crippen MR) is 51.3 cm³/mol. The fourth-order valence-electron chi connectivity index (χ4n) is 1.24. The molecule has 0 bridgehead atoms. The van der Waals surface area contributed by atoms with Crippen LogP contribution in [0.25, 0.3) is 5.69 Å². The Morgan fingerprint density at radius 1 is 1.47 bits per heavy atom. The van der Waals surface area contributed by atoms with E-state index in [1.165, 1.54) is 36.4 Å². The normalized spacial score (nSPS) is 10.3. The van der Waals surface area contributed by atoms with Crippen LogP contribution in [0.3, 0.4) is 0 Å². The van der Waals surface area contributed by atoms with Crippen LogP contribution < -0.4 is 0 Å². The van der Waals surface area contributed by atoms with Crippen molar-refractivity contribution in [3.8, 4) is 5.69 Å². The number of ketones is 1. The molecule has 1 aromatic carbocycles. The van der Waals surface area contributed by atoms with E-state index in [1.54, 1.807) is 6.07 Å². The fraction of sp³-hybridized carbons (Fsp3) is 0.100. The molecule has 0 unspecified atom stereocenters. The summed E-state index contributed by atoms with van der Waals surface area (Å²) >= 11 is 0. The second-order valence-electron chi connectivity index (χ2n) is 3.06. The van der Waals surface area contributed by atoms with Crippen LogP contribution >= 0.6 is 0 Å².